The van der Waals surface area contributed by atoms with Gasteiger partial charge in [-0.05, 0) is 42.5 Å². The van der Waals surface area contributed by atoms with Crippen molar-refractivity contribution < 1.29 is 28.6 Å². The number of hydrogen-bond donors (Lipinski definition) is 2. The molecule has 3 aromatic rings. The monoisotopic (exact) mass is 457 g/mol. The van der Waals surface area contributed by atoms with Gasteiger partial charge in [-0.2, -0.15) is 0 Å². The van der Waals surface area contributed by atoms with Crippen LogP contribution in [0, 0.1) is 5.92 Å². The number of rotatable bonds is 7. The minimum atomic E-state index is -3.02. The number of carboxylic acid groups (broad SMARTS) is 2. The number of carboxylic acids is 2. The van der Waals surface area contributed by atoms with Crippen LogP contribution < -0.4 is 4.90 Å². The molecule has 0 bridgehead atoms. The van der Waals surface area contributed by atoms with E-state index in [9.17, 15) is 23.5 Å². The van der Waals surface area contributed by atoms with Crippen LogP contribution in [-0.2, 0) is 17.3 Å². The van der Waals surface area contributed by atoms with Crippen LogP contribution in [0.5, 0.6) is 0 Å². The summed E-state index contributed by atoms with van der Waals surface area (Å²) < 4.78 is 30.3. The van der Waals surface area contributed by atoms with E-state index in [1.807, 2.05) is 9.47 Å². The maximum absolute atomic E-state index is 14.3. The van der Waals surface area contributed by atoms with Gasteiger partial charge in [0.2, 0.25) is 5.95 Å². The van der Waals surface area contributed by atoms with E-state index in [1.165, 1.54) is 18.2 Å². The summed E-state index contributed by atoms with van der Waals surface area (Å²) in [6.07, 6.45) is 1.48. The number of aromatic nitrogens is 2. The van der Waals surface area contributed by atoms with Crippen LogP contribution in [-0.4, -0.2) is 44.8 Å². The van der Waals surface area contributed by atoms with Crippen molar-refractivity contribution in [2.45, 2.75) is 38.7 Å². The summed E-state index contributed by atoms with van der Waals surface area (Å²) in [5, 5.41) is 18.4. The zero-order valence-electron chi connectivity index (χ0n) is 18.2. The summed E-state index contributed by atoms with van der Waals surface area (Å²) in [5.41, 5.74) is 1.60. The molecule has 9 heteroatoms. The molecule has 2 aromatic carbocycles. The van der Waals surface area contributed by atoms with Crippen molar-refractivity contribution in [1.82, 2.24) is 9.55 Å². The molecule has 1 aliphatic rings. The highest BCUT2D eigenvalue weighted by Gasteiger charge is 2.29. The van der Waals surface area contributed by atoms with E-state index >= 15 is 0 Å². The van der Waals surface area contributed by atoms with Gasteiger partial charge in [-0.25, -0.2) is 18.6 Å². The van der Waals surface area contributed by atoms with Crippen molar-refractivity contribution in [3.8, 4) is 0 Å². The highest BCUT2D eigenvalue weighted by atomic mass is 19.3. The smallest absolute Gasteiger partial charge is 0.335 e. The van der Waals surface area contributed by atoms with Crippen LogP contribution in [0.3, 0.4) is 0 Å². The Morgan fingerprint density at radius 3 is 2.45 bits per heavy atom. The summed E-state index contributed by atoms with van der Waals surface area (Å²) in [4.78, 5) is 29.2. The normalized spacial score (nSPS) is 15.2. The van der Waals surface area contributed by atoms with E-state index in [-0.39, 0.29) is 30.0 Å². The number of anilines is 1. The molecule has 33 heavy (non-hydrogen) atoms. The van der Waals surface area contributed by atoms with E-state index in [0.29, 0.717) is 48.5 Å². The molecule has 0 spiro atoms. The van der Waals surface area contributed by atoms with Gasteiger partial charge in [-0.1, -0.05) is 24.3 Å². The predicted octanol–water partition coefficient (Wildman–Crippen LogP) is 4.59. The lowest BCUT2D eigenvalue weighted by Crippen LogP contribution is -2.36. The molecule has 0 atom stereocenters. The molecule has 2 N–H and O–H groups in total. The molecule has 0 unspecified atom stereocenters. The van der Waals surface area contributed by atoms with Crippen molar-refractivity contribution >= 4 is 28.9 Å². The summed E-state index contributed by atoms with van der Waals surface area (Å²) in [7, 11) is 0. The molecule has 1 aliphatic heterocycles. The number of piperidine rings is 1. The molecule has 2 heterocycles. The Bertz CT molecular complexity index is 1190. The number of hydrogen-bond acceptors (Lipinski definition) is 4. The van der Waals surface area contributed by atoms with Crippen LogP contribution >= 0.6 is 0 Å². The SMILES string of the molecule is CC(F)(F)c1ccccc1Cn1c(N2CCC(CC(=O)O)CC2)nc2cc(C(=O)O)ccc21. The minimum absolute atomic E-state index is 0.0693. The molecule has 1 saturated heterocycles. The second-order valence-corrected chi connectivity index (χ2v) is 8.58. The van der Waals surface area contributed by atoms with E-state index < -0.39 is 17.9 Å². The molecule has 1 fully saturated rings. The largest absolute Gasteiger partial charge is 0.481 e. The molecule has 4 rings (SSSR count). The Morgan fingerprint density at radius 2 is 1.82 bits per heavy atom. The van der Waals surface area contributed by atoms with Crippen molar-refractivity contribution in [3.05, 3.63) is 59.2 Å². The zero-order chi connectivity index (χ0) is 23.8. The molecule has 174 valence electrons. The van der Waals surface area contributed by atoms with Gasteiger partial charge in [-0.15, -0.1) is 0 Å². The Kier molecular flexibility index (Phi) is 6.05. The standard InChI is InChI=1S/C24H25F2N3O4/c1-24(25,26)18-5-3-2-4-17(18)14-29-20-7-6-16(22(32)33)13-19(20)27-23(29)28-10-8-15(9-11-28)12-21(30)31/h2-7,13,15H,8-12,14H2,1H3,(H,30,31)(H,32,33). The lowest BCUT2D eigenvalue weighted by Gasteiger charge is -2.32. The third-order valence-electron chi connectivity index (χ3n) is 6.15. The zero-order valence-corrected chi connectivity index (χ0v) is 18.2. The van der Waals surface area contributed by atoms with Crippen molar-refractivity contribution in [3.63, 3.8) is 0 Å². The first-order valence-electron chi connectivity index (χ1n) is 10.8. The van der Waals surface area contributed by atoms with Gasteiger partial charge in [0, 0.05) is 32.0 Å². The highest BCUT2D eigenvalue weighted by Crippen LogP contribution is 2.33. The lowest BCUT2D eigenvalue weighted by atomic mass is 9.94. The van der Waals surface area contributed by atoms with Crippen molar-refractivity contribution in [2.24, 2.45) is 5.92 Å². The third kappa shape index (κ3) is 4.81. The third-order valence-corrected chi connectivity index (χ3v) is 6.15. The quantitative estimate of drug-likeness (QED) is 0.539. The number of aromatic carboxylic acids is 1. The molecular formula is C24H25F2N3O4. The maximum Gasteiger partial charge on any atom is 0.335 e. The summed E-state index contributed by atoms with van der Waals surface area (Å²) >= 11 is 0. The molecule has 7 nitrogen and oxygen atoms in total. The average Bonchev–Trinajstić information content (AvgIpc) is 3.11. The van der Waals surface area contributed by atoms with Gasteiger partial charge >= 0.3 is 11.9 Å². The topological polar surface area (TPSA) is 95.7 Å². The molecule has 1 aromatic heterocycles. The Balaban J connectivity index is 1.75. The van der Waals surface area contributed by atoms with Crippen LogP contribution in [0.1, 0.15) is 47.7 Å². The van der Waals surface area contributed by atoms with Crippen LogP contribution in [0.15, 0.2) is 42.5 Å². The van der Waals surface area contributed by atoms with Crippen LogP contribution in [0.2, 0.25) is 0 Å². The summed E-state index contributed by atoms with van der Waals surface area (Å²) in [6.45, 7) is 2.18. The number of nitrogens with zero attached hydrogens (tertiary/aromatic N) is 3. The first kappa shape index (κ1) is 22.7. The number of imidazole rings is 1. The van der Waals surface area contributed by atoms with Crippen molar-refractivity contribution in [1.29, 1.82) is 0 Å². The molecule has 0 amide bonds. The minimum Gasteiger partial charge on any atom is -0.481 e. The Morgan fingerprint density at radius 1 is 1.12 bits per heavy atom. The number of aliphatic carboxylic acids is 1. The number of halogens is 2. The van der Waals surface area contributed by atoms with Crippen molar-refractivity contribution in [2.75, 3.05) is 18.0 Å². The number of carbonyl (C=O) groups is 2. The lowest BCUT2D eigenvalue weighted by molar-refractivity contribution is -0.138. The first-order chi connectivity index (χ1) is 15.6. The fraction of sp³-hybridized carbons (Fsp3) is 0.375. The fourth-order valence-electron chi connectivity index (χ4n) is 4.49. The van der Waals surface area contributed by atoms with E-state index in [1.54, 1.807) is 24.3 Å². The molecule has 0 radical (unpaired) electrons. The molecule has 0 aliphatic carbocycles. The van der Waals surface area contributed by atoms with Gasteiger partial charge in [-0.3, -0.25) is 4.79 Å². The van der Waals surface area contributed by atoms with Gasteiger partial charge in [0.1, 0.15) is 0 Å². The van der Waals surface area contributed by atoms with Gasteiger partial charge in [0.15, 0.2) is 0 Å². The van der Waals surface area contributed by atoms with Crippen LogP contribution in [0.25, 0.3) is 11.0 Å². The van der Waals surface area contributed by atoms with Gasteiger partial charge < -0.3 is 19.7 Å². The molecule has 0 saturated carbocycles. The summed E-state index contributed by atoms with van der Waals surface area (Å²) in [6, 6.07) is 11.0. The van der Waals surface area contributed by atoms with Gasteiger partial charge in [0.25, 0.3) is 5.92 Å². The molecular weight excluding hydrogens is 432 g/mol. The maximum atomic E-state index is 14.3. The second-order valence-electron chi connectivity index (χ2n) is 8.58. The fourth-order valence-corrected chi connectivity index (χ4v) is 4.49. The van der Waals surface area contributed by atoms with Crippen LogP contribution in [0.4, 0.5) is 14.7 Å². The average molecular weight is 457 g/mol. The van der Waals surface area contributed by atoms with E-state index in [4.69, 9.17) is 5.11 Å². The highest BCUT2D eigenvalue weighted by molar-refractivity contribution is 5.93. The van der Waals surface area contributed by atoms with E-state index in [2.05, 4.69) is 4.98 Å². The number of benzene rings is 2. The predicted molar refractivity (Wildman–Crippen MR) is 119 cm³/mol. The summed E-state index contributed by atoms with van der Waals surface area (Å²) in [5.74, 6) is -4.26. The number of fused-ring (bicyclic) bond motifs is 1. The Hall–Kier alpha value is -3.49. The Labute approximate surface area is 189 Å². The van der Waals surface area contributed by atoms with E-state index in [0.717, 1.165) is 6.92 Å². The number of alkyl halides is 2. The first-order valence-corrected chi connectivity index (χ1v) is 10.8. The van der Waals surface area contributed by atoms with Gasteiger partial charge in [0.05, 0.1) is 23.1 Å². The second kappa shape index (κ2) is 8.80.